The van der Waals surface area contributed by atoms with Crippen LogP contribution in [-0.4, -0.2) is 6.11 Å². The Kier molecular flexibility index (Phi) is 6.60. The molecular formula is C19H21F4NO. The standard InChI is InChI=1S/C19H21F4NO/c1-2-3-13-4-6-14(7-5-13)10-19(22,23)25-12-15-8-17(20)16(11-24)18(21)9-15/h2-3,8-9,13-14H,4-7,10,12H2,1H3/b3-2+. The van der Waals surface area contributed by atoms with Crippen LogP contribution < -0.4 is 0 Å². The SMILES string of the molecule is C/C=C/C1CCC(CC(F)(F)OCc2cc(F)c(C#N)c(F)c2)CC1. The molecular weight excluding hydrogens is 334 g/mol. The number of nitrogens with zero attached hydrogens (tertiary/aromatic N) is 1. The molecule has 1 aromatic rings. The second-order valence-corrected chi connectivity index (χ2v) is 6.48. The van der Waals surface area contributed by atoms with E-state index in [9.17, 15) is 17.6 Å². The van der Waals surface area contributed by atoms with Gasteiger partial charge in [0, 0.05) is 6.42 Å². The number of ether oxygens (including phenoxy) is 1. The summed E-state index contributed by atoms with van der Waals surface area (Å²) in [5, 5.41) is 8.60. The van der Waals surface area contributed by atoms with Crippen molar-refractivity contribution in [1.82, 2.24) is 0 Å². The Morgan fingerprint density at radius 1 is 1.20 bits per heavy atom. The minimum Gasteiger partial charge on any atom is -0.316 e. The molecule has 6 heteroatoms. The normalized spacial score (nSPS) is 21.4. The predicted molar refractivity (Wildman–Crippen MR) is 85.7 cm³/mol. The molecule has 0 N–H and O–H groups in total. The van der Waals surface area contributed by atoms with E-state index in [0.717, 1.165) is 25.0 Å². The molecule has 2 rings (SSSR count). The fourth-order valence-electron chi connectivity index (χ4n) is 3.26. The average Bonchev–Trinajstić information content (AvgIpc) is 2.55. The molecule has 0 atom stereocenters. The van der Waals surface area contributed by atoms with Gasteiger partial charge in [0.2, 0.25) is 0 Å². The first-order valence-electron chi connectivity index (χ1n) is 8.37. The van der Waals surface area contributed by atoms with Gasteiger partial charge in [0.25, 0.3) is 0 Å². The molecule has 0 unspecified atom stereocenters. The highest BCUT2D eigenvalue weighted by Gasteiger charge is 2.35. The van der Waals surface area contributed by atoms with Gasteiger partial charge >= 0.3 is 6.11 Å². The first-order valence-corrected chi connectivity index (χ1v) is 8.37. The highest BCUT2D eigenvalue weighted by molar-refractivity contribution is 5.34. The monoisotopic (exact) mass is 355 g/mol. The van der Waals surface area contributed by atoms with Crippen LogP contribution in [-0.2, 0) is 11.3 Å². The second kappa shape index (κ2) is 8.48. The van der Waals surface area contributed by atoms with E-state index in [-0.39, 0.29) is 11.5 Å². The fraction of sp³-hybridized carbons (Fsp3) is 0.526. The van der Waals surface area contributed by atoms with Gasteiger partial charge in [-0.2, -0.15) is 14.0 Å². The van der Waals surface area contributed by atoms with Crippen LogP contribution in [0.1, 0.15) is 50.2 Å². The molecule has 0 aliphatic heterocycles. The number of rotatable bonds is 6. The molecule has 2 nitrogen and oxygen atoms in total. The van der Waals surface area contributed by atoms with E-state index >= 15 is 0 Å². The molecule has 1 saturated carbocycles. The third-order valence-electron chi connectivity index (χ3n) is 4.55. The summed E-state index contributed by atoms with van der Waals surface area (Å²) in [5.74, 6) is -1.82. The van der Waals surface area contributed by atoms with E-state index in [1.54, 1.807) is 0 Å². The molecule has 0 aromatic heterocycles. The third kappa shape index (κ3) is 5.57. The lowest BCUT2D eigenvalue weighted by Crippen LogP contribution is -2.27. The minimum atomic E-state index is -3.35. The molecule has 1 aliphatic carbocycles. The van der Waals surface area contributed by atoms with Crippen molar-refractivity contribution in [2.24, 2.45) is 11.8 Å². The van der Waals surface area contributed by atoms with Crippen molar-refractivity contribution in [3.05, 3.63) is 47.0 Å². The number of alkyl halides is 2. The van der Waals surface area contributed by atoms with Crippen LogP contribution in [0.15, 0.2) is 24.3 Å². The van der Waals surface area contributed by atoms with Crippen molar-refractivity contribution in [3.8, 4) is 6.07 Å². The van der Waals surface area contributed by atoms with E-state index in [0.29, 0.717) is 18.8 Å². The maximum Gasteiger partial charge on any atom is 0.356 e. The molecule has 1 fully saturated rings. The highest BCUT2D eigenvalue weighted by Crippen LogP contribution is 2.37. The average molecular weight is 355 g/mol. The van der Waals surface area contributed by atoms with Gasteiger partial charge in [0.15, 0.2) is 0 Å². The first kappa shape index (κ1) is 19.5. The summed E-state index contributed by atoms with van der Waals surface area (Å²) in [5.41, 5.74) is -0.793. The second-order valence-electron chi connectivity index (χ2n) is 6.48. The zero-order chi connectivity index (χ0) is 18.4. The molecule has 0 radical (unpaired) electrons. The van der Waals surface area contributed by atoms with Crippen molar-refractivity contribution in [2.75, 3.05) is 0 Å². The van der Waals surface area contributed by atoms with Crippen LogP contribution in [0.5, 0.6) is 0 Å². The Balaban J connectivity index is 1.89. The van der Waals surface area contributed by atoms with Crippen LogP contribution in [0.3, 0.4) is 0 Å². The Labute approximate surface area is 145 Å². The van der Waals surface area contributed by atoms with Crippen LogP contribution in [0, 0.1) is 34.8 Å². The number of nitriles is 1. The van der Waals surface area contributed by atoms with Crippen molar-refractivity contribution in [1.29, 1.82) is 5.26 Å². The maximum atomic E-state index is 14.0. The predicted octanol–water partition coefficient (Wildman–Crippen LogP) is 5.72. The summed E-state index contributed by atoms with van der Waals surface area (Å²) in [7, 11) is 0. The number of hydrogen-bond donors (Lipinski definition) is 0. The molecule has 0 bridgehead atoms. The summed E-state index contributed by atoms with van der Waals surface area (Å²) >= 11 is 0. The van der Waals surface area contributed by atoms with Crippen molar-refractivity contribution in [3.63, 3.8) is 0 Å². The van der Waals surface area contributed by atoms with Crippen LogP contribution >= 0.6 is 0 Å². The van der Waals surface area contributed by atoms with Gasteiger partial charge in [-0.25, -0.2) is 8.78 Å². The van der Waals surface area contributed by atoms with Gasteiger partial charge in [-0.1, -0.05) is 12.2 Å². The lowest BCUT2D eigenvalue weighted by Gasteiger charge is -2.29. The fourth-order valence-corrected chi connectivity index (χ4v) is 3.26. The Morgan fingerprint density at radius 3 is 2.32 bits per heavy atom. The largest absolute Gasteiger partial charge is 0.356 e. The van der Waals surface area contributed by atoms with Crippen LogP contribution in [0.4, 0.5) is 17.6 Å². The maximum absolute atomic E-state index is 14.0. The van der Waals surface area contributed by atoms with Gasteiger partial charge < -0.3 is 4.74 Å². The lowest BCUT2D eigenvalue weighted by molar-refractivity contribution is -0.256. The molecule has 0 amide bonds. The molecule has 25 heavy (non-hydrogen) atoms. The summed E-state index contributed by atoms with van der Waals surface area (Å²) in [6.45, 7) is 1.34. The lowest BCUT2D eigenvalue weighted by atomic mass is 9.80. The van der Waals surface area contributed by atoms with Crippen LogP contribution in [0.2, 0.25) is 0 Å². The highest BCUT2D eigenvalue weighted by atomic mass is 19.3. The van der Waals surface area contributed by atoms with E-state index in [1.807, 2.05) is 13.0 Å². The van der Waals surface area contributed by atoms with Crippen molar-refractivity contribution >= 4 is 0 Å². The van der Waals surface area contributed by atoms with E-state index in [4.69, 9.17) is 5.26 Å². The number of hydrogen-bond acceptors (Lipinski definition) is 2. The smallest absolute Gasteiger partial charge is 0.316 e. The van der Waals surface area contributed by atoms with Gasteiger partial charge in [0.05, 0.1) is 6.61 Å². The Hall–Kier alpha value is -1.87. The Bertz CT molecular complexity index is 635. The van der Waals surface area contributed by atoms with E-state index < -0.39 is 36.3 Å². The Morgan fingerprint density at radius 2 is 1.80 bits per heavy atom. The van der Waals surface area contributed by atoms with Gasteiger partial charge in [-0.05, 0) is 62.1 Å². The molecule has 136 valence electrons. The quantitative estimate of drug-likeness (QED) is 0.483. The topological polar surface area (TPSA) is 33.0 Å². The van der Waals surface area contributed by atoms with Crippen molar-refractivity contribution in [2.45, 2.75) is 51.7 Å². The summed E-state index contributed by atoms with van der Waals surface area (Å²) in [6, 6.07) is 3.08. The number of benzene rings is 1. The molecule has 0 spiro atoms. The number of allylic oxidation sites excluding steroid dienone is 2. The molecule has 0 saturated heterocycles. The van der Waals surface area contributed by atoms with Crippen LogP contribution in [0.25, 0.3) is 0 Å². The van der Waals surface area contributed by atoms with E-state index in [1.165, 1.54) is 6.07 Å². The third-order valence-corrected chi connectivity index (χ3v) is 4.55. The van der Waals surface area contributed by atoms with E-state index in [2.05, 4.69) is 10.8 Å². The minimum absolute atomic E-state index is 0.0644. The molecule has 1 aliphatic rings. The van der Waals surface area contributed by atoms with Gasteiger partial charge in [0.1, 0.15) is 23.3 Å². The molecule has 0 heterocycles. The van der Waals surface area contributed by atoms with Gasteiger partial charge in [-0.3, -0.25) is 0 Å². The van der Waals surface area contributed by atoms with Crippen molar-refractivity contribution < 1.29 is 22.3 Å². The molecule has 1 aromatic carbocycles. The zero-order valence-electron chi connectivity index (χ0n) is 14.1. The summed E-state index contributed by atoms with van der Waals surface area (Å²) in [6.07, 6.45) is 3.56. The summed E-state index contributed by atoms with van der Waals surface area (Å²) < 4.78 is 59.6. The summed E-state index contributed by atoms with van der Waals surface area (Å²) in [4.78, 5) is 0. The zero-order valence-corrected chi connectivity index (χ0v) is 14.1. The number of halogens is 4. The van der Waals surface area contributed by atoms with Gasteiger partial charge in [-0.15, -0.1) is 0 Å². The first-order chi connectivity index (χ1) is 11.8.